The van der Waals surface area contributed by atoms with Crippen molar-refractivity contribution in [2.24, 2.45) is 11.7 Å². The summed E-state index contributed by atoms with van der Waals surface area (Å²) in [5, 5.41) is 9.00. The molecule has 3 nitrogen and oxygen atoms in total. The van der Waals surface area contributed by atoms with E-state index < -0.39 is 0 Å². The molecule has 0 saturated carbocycles. The van der Waals surface area contributed by atoms with E-state index in [1.807, 2.05) is 18.2 Å². The summed E-state index contributed by atoms with van der Waals surface area (Å²) in [6, 6.07) is 10.9. The molecule has 19 heavy (non-hydrogen) atoms. The van der Waals surface area contributed by atoms with Gasteiger partial charge in [-0.25, -0.2) is 0 Å². The third kappa shape index (κ3) is 3.15. The van der Waals surface area contributed by atoms with Gasteiger partial charge in [0, 0.05) is 18.6 Å². The zero-order valence-electron chi connectivity index (χ0n) is 11.8. The average molecular weight is 257 g/mol. The Balaban J connectivity index is 2.17. The Hall–Kier alpha value is -1.37. The molecule has 1 aromatic rings. The summed E-state index contributed by atoms with van der Waals surface area (Å²) in [5.41, 5.74) is 7.88. The normalized spacial score (nSPS) is 25.8. The van der Waals surface area contributed by atoms with Crippen LogP contribution >= 0.6 is 0 Å². The Morgan fingerprint density at radius 3 is 3.00 bits per heavy atom. The van der Waals surface area contributed by atoms with Gasteiger partial charge in [0.25, 0.3) is 0 Å². The third-order valence-corrected chi connectivity index (χ3v) is 4.29. The molecule has 1 aromatic carbocycles. The van der Waals surface area contributed by atoms with Gasteiger partial charge in [-0.2, -0.15) is 5.26 Å². The van der Waals surface area contributed by atoms with Crippen molar-refractivity contribution in [1.29, 1.82) is 5.26 Å². The van der Waals surface area contributed by atoms with Crippen LogP contribution in [0, 0.1) is 17.2 Å². The van der Waals surface area contributed by atoms with E-state index in [4.69, 9.17) is 11.0 Å². The van der Waals surface area contributed by atoms with Crippen molar-refractivity contribution in [1.82, 2.24) is 4.90 Å². The van der Waals surface area contributed by atoms with E-state index in [2.05, 4.69) is 30.9 Å². The summed E-state index contributed by atoms with van der Waals surface area (Å²) in [7, 11) is 0. The number of nitrogens with two attached hydrogens (primary N) is 1. The zero-order valence-corrected chi connectivity index (χ0v) is 11.8. The molecule has 3 heteroatoms. The van der Waals surface area contributed by atoms with Crippen LogP contribution in [0.4, 0.5) is 0 Å². The monoisotopic (exact) mass is 257 g/mol. The largest absolute Gasteiger partial charge is 0.329 e. The first-order chi connectivity index (χ1) is 9.15. The molecule has 1 heterocycles. The predicted octanol–water partition coefficient (Wildman–Crippen LogP) is 2.68. The van der Waals surface area contributed by atoms with Crippen LogP contribution in [0.5, 0.6) is 0 Å². The highest BCUT2D eigenvalue weighted by Gasteiger charge is 2.29. The van der Waals surface area contributed by atoms with Gasteiger partial charge in [0.05, 0.1) is 11.6 Å². The lowest BCUT2D eigenvalue weighted by Gasteiger charge is -2.42. The fourth-order valence-electron chi connectivity index (χ4n) is 3.07. The van der Waals surface area contributed by atoms with Crippen molar-refractivity contribution in [2.45, 2.75) is 38.8 Å². The van der Waals surface area contributed by atoms with E-state index >= 15 is 0 Å². The Bertz CT molecular complexity index is 463. The topological polar surface area (TPSA) is 53.0 Å². The van der Waals surface area contributed by atoms with Crippen LogP contribution in [0.2, 0.25) is 0 Å². The Morgan fingerprint density at radius 2 is 2.32 bits per heavy atom. The second-order valence-electron chi connectivity index (χ2n) is 5.67. The molecule has 0 aliphatic carbocycles. The number of nitriles is 1. The summed E-state index contributed by atoms with van der Waals surface area (Å²) < 4.78 is 0. The van der Waals surface area contributed by atoms with Gasteiger partial charge in [-0.15, -0.1) is 0 Å². The maximum atomic E-state index is 9.00. The molecule has 1 fully saturated rings. The van der Waals surface area contributed by atoms with Crippen molar-refractivity contribution in [3.63, 3.8) is 0 Å². The minimum Gasteiger partial charge on any atom is -0.329 e. The fourth-order valence-corrected chi connectivity index (χ4v) is 3.07. The van der Waals surface area contributed by atoms with E-state index in [0.717, 1.165) is 18.0 Å². The summed E-state index contributed by atoms with van der Waals surface area (Å²) in [6.07, 6.45) is 2.41. The smallest absolute Gasteiger partial charge is 0.0991 e. The molecule has 3 atom stereocenters. The molecule has 0 radical (unpaired) electrons. The number of hydrogen-bond donors (Lipinski definition) is 1. The molecule has 2 N–H and O–H groups in total. The second kappa shape index (κ2) is 6.18. The second-order valence-corrected chi connectivity index (χ2v) is 5.67. The molecule has 1 saturated heterocycles. The minimum atomic E-state index is 0.328. The lowest BCUT2D eigenvalue weighted by Crippen LogP contribution is -2.47. The summed E-state index contributed by atoms with van der Waals surface area (Å²) in [5.74, 6) is 0.766. The van der Waals surface area contributed by atoms with Crippen molar-refractivity contribution < 1.29 is 0 Å². The number of likely N-dealkylation sites (tertiary alicyclic amines) is 1. The van der Waals surface area contributed by atoms with Crippen molar-refractivity contribution >= 4 is 0 Å². The maximum absolute atomic E-state index is 9.00. The Kier molecular flexibility index (Phi) is 4.57. The van der Waals surface area contributed by atoms with Crippen LogP contribution in [0.15, 0.2) is 24.3 Å². The fraction of sp³-hybridized carbons (Fsp3) is 0.562. The van der Waals surface area contributed by atoms with Gasteiger partial charge in [0.1, 0.15) is 0 Å². The number of hydrogen-bond acceptors (Lipinski definition) is 3. The van der Waals surface area contributed by atoms with E-state index in [9.17, 15) is 0 Å². The van der Waals surface area contributed by atoms with Gasteiger partial charge in [0.15, 0.2) is 0 Å². The summed E-state index contributed by atoms with van der Waals surface area (Å²) in [6.45, 7) is 6.34. The van der Waals surface area contributed by atoms with Gasteiger partial charge < -0.3 is 5.73 Å². The predicted molar refractivity (Wildman–Crippen MR) is 77.5 cm³/mol. The lowest BCUT2D eigenvalue weighted by molar-refractivity contribution is 0.0834. The third-order valence-electron chi connectivity index (χ3n) is 4.29. The summed E-state index contributed by atoms with van der Waals surface area (Å²) >= 11 is 0. The minimum absolute atomic E-state index is 0.328. The zero-order chi connectivity index (χ0) is 13.8. The van der Waals surface area contributed by atoms with Crippen LogP contribution in [0.3, 0.4) is 0 Å². The van der Waals surface area contributed by atoms with Crippen LogP contribution in [-0.4, -0.2) is 24.0 Å². The number of benzene rings is 1. The van der Waals surface area contributed by atoms with Crippen molar-refractivity contribution in [3.05, 3.63) is 35.4 Å². The number of nitrogens with zero attached hydrogens (tertiary/aromatic N) is 2. The first-order valence-electron chi connectivity index (χ1n) is 7.11. The molecule has 3 unspecified atom stereocenters. The van der Waals surface area contributed by atoms with Crippen molar-refractivity contribution in [3.8, 4) is 6.07 Å². The summed E-state index contributed by atoms with van der Waals surface area (Å²) in [4.78, 5) is 2.50. The molecule has 0 amide bonds. The van der Waals surface area contributed by atoms with E-state index in [-0.39, 0.29) is 0 Å². The molecule has 102 valence electrons. The molecule has 1 aliphatic rings. The standard InChI is InChI=1S/C16H23N3/c1-12-6-7-19(16(8-12)11-18)13(2)15-5-3-4-14(9-15)10-17/h3-5,9,12-13,16H,6-8,11,18H2,1-2H3. The Morgan fingerprint density at radius 1 is 1.53 bits per heavy atom. The molecular weight excluding hydrogens is 234 g/mol. The van der Waals surface area contributed by atoms with Gasteiger partial charge in [-0.05, 0) is 49.9 Å². The average Bonchev–Trinajstić information content (AvgIpc) is 2.46. The SMILES string of the molecule is CC1CCN(C(C)c2cccc(C#N)c2)C(CN)C1. The number of rotatable bonds is 3. The number of piperidine rings is 1. The maximum Gasteiger partial charge on any atom is 0.0991 e. The molecule has 2 rings (SSSR count). The van der Waals surface area contributed by atoms with Gasteiger partial charge >= 0.3 is 0 Å². The first-order valence-corrected chi connectivity index (χ1v) is 7.11. The van der Waals surface area contributed by atoms with E-state index in [1.165, 1.54) is 18.4 Å². The van der Waals surface area contributed by atoms with Crippen LogP contribution < -0.4 is 5.73 Å². The van der Waals surface area contributed by atoms with Crippen LogP contribution in [-0.2, 0) is 0 Å². The molecular formula is C16H23N3. The molecule has 0 bridgehead atoms. The van der Waals surface area contributed by atoms with E-state index in [0.29, 0.717) is 18.6 Å². The quantitative estimate of drug-likeness (QED) is 0.905. The van der Waals surface area contributed by atoms with E-state index in [1.54, 1.807) is 0 Å². The van der Waals surface area contributed by atoms with Gasteiger partial charge in [-0.1, -0.05) is 19.1 Å². The van der Waals surface area contributed by atoms with Crippen molar-refractivity contribution in [2.75, 3.05) is 13.1 Å². The highest BCUT2D eigenvalue weighted by atomic mass is 15.2. The molecule has 1 aliphatic heterocycles. The van der Waals surface area contributed by atoms with Crippen LogP contribution in [0.25, 0.3) is 0 Å². The molecule has 0 aromatic heterocycles. The van der Waals surface area contributed by atoms with Crippen LogP contribution in [0.1, 0.15) is 43.9 Å². The highest BCUT2D eigenvalue weighted by molar-refractivity contribution is 5.34. The van der Waals surface area contributed by atoms with Gasteiger partial charge in [0.2, 0.25) is 0 Å². The highest BCUT2D eigenvalue weighted by Crippen LogP contribution is 2.30. The molecule has 0 spiro atoms. The lowest BCUT2D eigenvalue weighted by atomic mass is 9.90. The Labute approximate surface area is 116 Å². The van der Waals surface area contributed by atoms with Gasteiger partial charge in [-0.3, -0.25) is 4.90 Å². The first kappa shape index (κ1) is 14.0.